The fraction of sp³-hybridized carbons (Fsp3) is 0.667. The molecule has 0 saturated heterocycles. The fourth-order valence-corrected chi connectivity index (χ4v) is 2.32. The van der Waals surface area contributed by atoms with E-state index in [-0.39, 0.29) is 0 Å². The van der Waals surface area contributed by atoms with E-state index in [4.69, 9.17) is 0 Å². The summed E-state index contributed by atoms with van der Waals surface area (Å²) >= 11 is 0. The molecule has 0 aromatic carbocycles. The molecule has 2 aliphatic carbocycles. The van der Waals surface area contributed by atoms with Crippen LogP contribution in [0.2, 0.25) is 0 Å². The van der Waals surface area contributed by atoms with Gasteiger partial charge in [0.2, 0.25) is 0 Å². The van der Waals surface area contributed by atoms with Crippen molar-refractivity contribution in [2.45, 2.75) is 39.5 Å². The van der Waals surface area contributed by atoms with Crippen LogP contribution in [-0.4, -0.2) is 0 Å². The minimum absolute atomic E-state index is 0.822. The second kappa shape index (κ2) is 2.48. The Morgan fingerprint density at radius 1 is 1.33 bits per heavy atom. The lowest BCUT2D eigenvalue weighted by Crippen LogP contribution is -2.25. The highest BCUT2D eigenvalue weighted by molar-refractivity contribution is 5.26. The molecule has 0 nitrogen and oxygen atoms in total. The molecule has 0 heterocycles. The quantitative estimate of drug-likeness (QED) is 0.543. The molecule has 2 saturated carbocycles. The van der Waals surface area contributed by atoms with Crippen molar-refractivity contribution < 1.29 is 0 Å². The molecule has 1 spiro atoms. The van der Waals surface area contributed by atoms with Crippen LogP contribution in [0.15, 0.2) is 23.8 Å². The molecule has 0 aliphatic heterocycles. The highest BCUT2D eigenvalue weighted by Crippen LogP contribution is 2.64. The van der Waals surface area contributed by atoms with Crippen molar-refractivity contribution in [3.05, 3.63) is 23.8 Å². The second-order valence-corrected chi connectivity index (χ2v) is 4.90. The van der Waals surface area contributed by atoms with E-state index >= 15 is 0 Å². The van der Waals surface area contributed by atoms with Crippen LogP contribution in [0.25, 0.3) is 0 Å². The lowest BCUT2D eigenvalue weighted by Gasteiger charge is -2.36. The Bertz CT molecular complexity index is 229. The zero-order valence-corrected chi connectivity index (χ0v) is 8.19. The summed E-state index contributed by atoms with van der Waals surface area (Å²) in [7, 11) is 0. The largest absolute Gasteiger partial charge is 0.0956 e. The molecule has 2 aliphatic rings. The van der Waals surface area contributed by atoms with Gasteiger partial charge in [0, 0.05) is 0 Å². The van der Waals surface area contributed by atoms with Gasteiger partial charge in [-0.15, -0.1) is 0 Å². The van der Waals surface area contributed by atoms with Gasteiger partial charge in [-0.2, -0.15) is 0 Å². The molecule has 0 N–H and O–H groups in total. The van der Waals surface area contributed by atoms with Gasteiger partial charge >= 0.3 is 0 Å². The van der Waals surface area contributed by atoms with Gasteiger partial charge in [-0.3, -0.25) is 0 Å². The van der Waals surface area contributed by atoms with E-state index in [1.165, 1.54) is 36.8 Å². The Hall–Kier alpha value is -0.520. The summed E-state index contributed by atoms with van der Waals surface area (Å²) in [5, 5.41) is 0. The molecule has 0 atom stereocenters. The Balaban J connectivity index is 1.87. The van der Waals surface area contributed by atoms with E-state index in [9.17, 15) is 0 Å². The molecule has 0 heteroatoms. The standard InChI is InChI=1S/C12H18/c1-9(2)6-10(3)11-7-12(8-11)4-5-12/h6,11H,3-5,7-8H2,1-2H3. The third kappa shape index (κ3) is 1.35. The third-order valence-electron chi connectivity index (χ3n) is 3.31. The lowest BCUT2D eigenvalue weighted by molar-refractivity contribution is 0.206. The summed E-state index contributed by atoms with van der Waals surface area (Å²) in [6, 6.07) is 0. The summed E-state index contributed by atoms with van der Waals surface area (Å²) < 4.78 is 0. The number of hydrogen-bond acceptors (Lipinski definition) is 0. The summed E-state index contributed by atoms with van der Waals surface area (Å²) in [5.74, 6) is 0.822. The van der Waals surface area contributed by atoms with Crippen molar-refractivity contribution >= 4 is 0 Å². The SMILES string of the molecule is C=C(C=C(C)C)C1CC2(CC2)C1. The molecule has 0 aromatic heterocycles. The van der Waals surface area contributed by atoms with Crippen molar-refractivity contribution in [3.63, 3.8) is 0 Å². The Morgan fingerprint density at radius 3 is 2.33 bits per heavy atom. The molecule has 66 valence electrons. The first-order valence-electron chi connectivity index (χ1n) is 4.95. The van der Waals surface area contributed by atoms with Gasteiger partial charge in [0.15, 0.2) is 0 Å². The van der Waals surface area contributed by atoms with Crippen molar-refractivity contribution in [1.82, 2.24) is 0 Å². The number of hydrogen-bond donors (Lipinski definition) is 0. The maximum absolute atomic E-state index is 4.13. The average molecular weight is 162 g/mol. The van der Waals surface area contributed by atoms with Crippen LogP contribution in [0.3, 0.4) is 0 Å². The third-order valence-corrected chi connectivity index (χ3v) is 3.31. The van der Waals surface area contributed by atoms with Crippen LogP contribution in [0, 0.1) is 11.3 Å². The maximum Gasteiger partial charge on any atom is -0.0157 e. The van der Waals surface area contributed by atoms with Crippen LogP contribution in [0.4, 0.5) is 0 Å². The first-order chi connectivity index (χ1) is 5.61. The van der Waals surface area contributed by atoms with Gasteiger partial charge in [-0.05, 0) is 50.9 Å². The molecule has 0 amide bonds. The summed E-state index contributed by atoms with van der Waals surface area (Å²) in [6.45, 7) is 8.43. The van der Waals surface area contributed by atoms with Gasteiger partial charge in [0.1, 0.15) is 0 Å². The summed E-state index contributed by atoms with van der Waals surface area (Å²) in [4.78, 5) is 0. The van der Waals surface area contributed by atoms with Gasteiger partial charge < -0.3 is 0 Å². The first-order valence-corrected chi connectivity index (χ1v) is 4.95. The second-order valence-electron chi connectivity index (χ2n) is 4.90. The van der Waals surface area contributed by atoms with E-state index < -0.39 is 0 Å². The Labute approximate surface area is 75.4 Å². The topological polar surface area (TPSA) is 0 Å². The Kier molecular flexibility index (Phi) is 1.67. The minimum atomic E-state index is 0.822. The van der Waals surface area contributed by atoms with Gasteiger partial charge in [-0.25, -0.2) is 0 Å². The van der Waals surface area contributed by atoms with Crippen LogP contribution in [0.1, 0.15) is 39.5 Å². The average Bonchev–Trinajstić information content (AvgIpc) is 2.59. The molecule has 0 unspecified atom stereocenters. The zero-order valence-electron chi connectivity index (χ0n) is 8.19. The molecular formula is C12H18. The van der Waals surface area contributed by atoms with Gasteiger partial charge in [0.05, 0.1) is 0 Å². The summed E-state index contributed by atoms with van der Waals surface area (Å²) in [6.07, 6.45) is 8.09. The van der Waals surface area contributed by atoms with Crippen LogP contribution in [-0.2, 0) is 0 Å². The fourth-order valence-electron chi connectivity index (χ4n) is 2.32. The van der Waals surface area contributed by atoms with Crippen molar-refractivity contribution in [2.24, 2.45) is 11.3 Å². The highest BCUT2D eigenvalue weighted by Gasteiger charge is 2.52. The zero-order chi connectivity index (χ0) is 8.77. The lowest BCUT2D eigenvalue weighted by atomic mass is 9.68. The monoisotopic (exact) mass is 162 g/mol. The predicted octanol–water partition coefficient (Wildman–Crippen LogP) is 3.70. The van der Waals surface area contributed by atoms with Crippen molar-refractivity contribution in [1.29, 1.82) is 0 Å². The summed E-state index contributed by atoms with van der Waals surface area (Å²) in [5.41, 5.74) is 3.58. The number of rotatable bonds is 2. The minimum Gasteiger partial charge on any atom is -0.0956 e. The molecule has 0 bridgehead atoms. The van der Waals surface area contributed by atoms with Gasteiger partial charge in [0.25, 0.3) is 0 Å². The van der Waals surface area contributed by atoms with Crippen LogP contribution < -0.4 is 0 Å². The highest BCUT2D eigenvalue weighted by atomic mass is 14.6. The van der Waals surface area contributed by atoms with Gasteiger partial charge in [-0.1, -0.05) is 23.8 Å². The molecule has 12 heavy (non-hydrogen) atoms. The molecular weight excluding hydrogens is 144 g/mol. The van der Waals surface area contributed by atoms with Crippen LogP contribution in [0.5, 0.6) is 0 Å². The predicted molar refractivity (Wildman–Crippen MR) is 53.0 cm³/mol. The Morgan fingerprint density at radius 2 is 1.92 bits per heavy atom. The molecule has 2 rings (SSSR count). The molecule has 0 aromatic rings. The first kappa shape index (κ1) is 8.10. The van der Waals surface area contributed by atoms with Crippen molar-refractivity contribution in [3.8, 4) is 0 Å². The van der Waals surface area contributed by atoms with E-state index in [1.807, 2.05) is 0 Å². The van der Waals surface area contributed by atoms with E-state index in [2.05, 4.69) is 26.5 Å². The van der Waals surface area contributed by atoms with E-state index in [1.54, 1.807) is 0 Å². The molecule has 2 fully saturated rings. The normalized spacial score (nSPS) is 24.8. The smallest absolute Gasteiger partial charge is 0.0157 e. The maximum atomic E-state index is 4.13. The molecule has 0 radical (unpaired) electrons. The van der Waals surface area contributed by atoms with E-state index in [0.29, 0.717) is 0 Å². The number of allylic oxidation sites excluding steroid dienone is 3. The van der Waals surface area contributed by atoms with E-state index in [0.717, 1.165) is 11.3 Å². The van der Waals surface area contributed by atoms with Crippen molar-refractivity contribution in [2.75, 3.05) is 0 Å². The van der Waals surface area contributed by atoms with Crippen LogP contribution >= 0.6 is 0 Å².